The van der Waals surface area contributed by atoms with Crippen LogP contribution in [0.25, 0.3) is 0 Å². The SMILES string of the molecule is CC1CCCN(C(=O)NC(C)(C)C(C)N)C1. The Kier molecular flexibility index (Phi) is 4.19. The smallest absolute Gasteiger partial charge is 0.317 e. The van der Waals surface area contributed by atoms with E-state index in [4.69, 9.17) is 5.73 Å². The molecular weight excluding hydrogens is 202 g/mol. The number of urea groups is 1. The predicted molar refractivity (Wildman–Crippen MR) is 66.2 cm³/mol. The van der Waals surface area contributed by atoms with Crippen molar-refractivity contribution in [2.45, 2.75) is 52.1 Å². The molecule has 0 aromatic rings. The largest absolute Gasteiger partial charge is 0.332 e. The molecule has 94 valence electrons. The van der Waals surface area contributed by atoms with Crippen molar-refractivity contribution in [3.05, 3.63) is 0 Å². The van der Waals surface area contributed by atoms with E-state index in [1.54, 1.807) is 0 Å². The Hall–Kier alpha value is -0.770. The number of nitrogens with zero attached hydrogens (tertiary/aromatic N) is 1. The molecule has 2 amide bonds. The van der Waals surface area contributed by atoms with Crippen molar-refractivity contribution in [2.24, 2.45) is 11.7 Å². The highest BCUT2D eigenvalue weighted by Gasteiger charge is 2.28. The lowest BCUT2D eigenvalue weighted by Crippen LogP contribution is -2.58. The highest BCUT2D eigenvalue weighted by Crippen LogP contribution is 2.16. The molecule has 1 aliphatic rings. The first-order chi connectivity index (χ1) is 7.33. The van der Waals surface area contributed by atoms with Crippen LogP contribution in [0.2, 0.25) is 0 Å². The molecule has 0 spiro atoms. The third-order valence-electron chi connectivity index (χ3n) is 3.51. The van der Waals surface area contributed by atoms with Gasteiger partial charge in [0.1, 0.15) is 0 Å². The van der Waals surface area contributed by atoms with Crippen molar-refractivity contribution in [2.75, 3.05) is 13.1 Å². The van der Waals surface area contributed by atoms with Gasteiger partial charge in [0.2, 0.25) is 0 Å². The van der Waals surface area contributed by atoms with Gasteiger partial charge >= 0.3 is 6.03 Å². The van der Waals surface area contributed by atoms with Gasteiger partial charge in [-0.2, -0.15) is 0 Å². The Morgan fingerprint density at radius 2 is 2.19 bits per heavy atom. The maximum Gasteiger partial charge on any atom is 0.317 e. The van der Waals surface area contributed by atoms with Gasteiger partial charge in [-0.3, -0.25) is 0 Å². The average Bonchev–Trinajstić information content (AvgIpc) is 2.16. The van der Waals surface area contributed by atoms with E-state index in [0.717, 1.165) is 19.5 Å². The van der Waals surface area contributed by atoms with Crippen LogP contribution in [0, 0.1) is 5.92 Å². The molecule has 4 nitrogen and oxygen atoms in total. The van der Waals surface area contributed by atoms with E-state index in [1.165, 1.54) is 6.42 Å². The second-order valence-electron chi connectivity index (χ2n) is 5.63. The summed E-state index contributed by atoms with van der Waals surface area (Å²) in [6.07, 6.45) is 2.33. The van der Waals surface area contributed by atoms with Crippen LogP contribution >= 0.6 is 0 Å². The summed E-state index contributed by atoms with van der Waals surface area (Å²) in [7, 11) is 0. The number of amides is 2. The number of likely N-dealkylation sites (tertiary alicyclic amines) is 1. The van der Waals surface area contributed by atoms with Gasteiger partial charge in [0, 0.05) is 19.1 Å². The zero-order valence-corrected chi connectivity index (χ0v) is 10.9. The first-order valence-corrected chi connectivity index (χ1v) is 6.15. The molecule has 0 saturated carbocycles. The molecule has 0 aliphatic carbocycles. The molecule has 1 rings (SSSR count). The fourth-order valence-corrected chi connectivity index (χ4v) is 1.84. The zero-order valence-electron chi connectivity index (χ0n) is 10.9. The first kappa shape index (κ1) is 13.3. The maximum atomic E-state index is 12.0. The van der Waals surface area contributed by atoms with E-state index in [2.05, 4.69) is 12.2 Å². The molecule has 16 heavy (non-hydrogen) atoms. The van der Waals surface area contributed by atoms with Crippen LogP contribution in [-0.4, -0.2) is 35.6 Å². The Morgan fingerprint density at radius 1 is 1.56 bits per heavy atom. The van der Waals surface area contributed by atoms with E-state index in [0.29, 0.717) is 5.92 Å². The number of rotatable bonds is 2. The number of carbonyl (C=O) groups excluding carboxylic acids is 1. The molecule has 3 N–H and O–H groups in total. The summed E-state index contributed by atoms with van der Waals surface area (Å²) < 4.78 is 0. The quantitative estimate of drug-likeness (QED) is 0.752. The van der Waals surface area contributed by atoms with Crippen LogP contribution in [0.3, 0.4) is 0 Å². The van der Waals surface area contributed by atoms with Gasteiger partial charge in [0.05, 0.1) is 5.54 Å². The summed E-state index contributed by atoms with van der Waals surface area (Å²) in [6.45, 7) is 9.76. The maximum absolute atomic E-state index is 12.0. The van der Waals surface area contributed by atoms with Crippen LogP contribution in [0.1, 0.15) is 40.5 Å². The number of nitrogens with two attached hydrogens (primary N) is 1. The normalized spacial score (nSPS) is 24.1. The Balaban J connectivity index is 2.51. The fourth-order valence-electron chi connectivity index (χ4n) is 1.84. The van der Waals surface area contributed by atoms with Gasteiger partial charge in [-0.05, 0) is 39.5 Å². The molecular formula is C12H25N3O. The average molecular weight is 227 g/mol. The third-order valence-corrected chi connectivity index (χ3v) is 3.51. The van der Waals surface area contributed by atoms with Crippen molar-refractivity contribution < 1.29 is 4.79 Å². The van der Waals surface area contributed by atoms with Gasteiger partial charge in [0.15, 0.2) is 0 Å². The van der Waals surface area contributed by atoms with Gasteiger partial charge in [-0.15, -0.1) is 0 Å². The fraction of sp³-hybridized carbons (Fsp3) is 0.917. The zero-order chi connectivity index (χ0) is 12.3. The Bertz CT molecular complexity index is 251. The monoisotopic (exact) mass is 227 g/mol. The van der Waals surface area contributed by atoms with E-state index in [9.17, 15) is 4.79 Å². The van der Waals surface area contributed by atoms with Crippen molar-refractivity contribution in [1.82, 2.24) is 10.2 Å². The second-order valence-corrected chi connectivity index (χ2v) is 5.63. The van der Waals surface area contributed by atoms with E-state index < -0.39 is 0 Å². The van der Waals surface area contributed by atoms with Crippen LogP contribution in [-0.2, 0) is 0 Å². The lowest BCUT2D eigenvalue weighted by atomic mass is 9.97. The lowest BCUT2D eigenvalue weighted by molar-refractivity contribution is 0.158. The molecule has 1 fully saturated rings. The number of nitrogens with one attached hydrogen (secondary N) is 1. The molecule has 1 aliphatic heterocycles. The lowest BCUT2D eigenvalue weighted by Gasteiger charge is -2.36. The number of piperidine rings is 1. The molecule has 1 saturated heterocycles. The number of hydrogen-bond donors (Lipinski definition) is 2. The standard InChI is InChI=1S/C12H25N3O/c1-9-6-5-7-15(8-9)11(16)14-12(3,4)10(2)13/h9-10H,5-8,13H2,1-4H3,(H,14,16). The number of carbonyl (C=O) groups is 1. The summed E-state index contributed by atoms with van der Waals surface area (Å²) in [5, 5.41) is 3.01. The molecule has 4 heteroatoms. The van der Waals surface area contributed by atoms with Crippen molar-refractivity contribution in [3.8, 4) is 0 Å². The first-order valence-electron chi connectivity index (χ1n) is 6.15. The van der Waals surface area contributed by atoms with Gasteiger partial charge in [-0.25, -0.2) is 4.79 Å². The summed E-state index contributed by atoms with van der Waals surface area (Å²) in [5.74, 6) is 0.609. The minimum Gasteiger partial charge on any atom is -0.332 e. The topological polar surface area (TPSA) is 58.4 Å². The van der Waals surface area contributed by atoms with Gasteiger partial charge < -0.3 is 16.0 Å². The molecule has 0 bridgehead atoms. The highest BCUT2D eigenvalue weighted by molar-refractivity contribution is 5.75. The minimum atomic E-state index is -0.349. The third kappa shape index (κ3) is 3.37. The second kappa shape index (κ2) is 5.04. The minimum absolute atomic E-state index is 0.0221. The summed E-state index contributed by atoms with van der Waals surface area (Å²) in [4.78, 5) is 13.9. The van der Waals surface area contributed by atoms with E-state index in [1.807, 2.05) is 25.7 Å². The van der Waals surface area contributed by atoms with Crippen molar-refractivity contribution >= 4 is 6.03 Å². The summed E-state index contributed by atoms with van der Waals surface area (Å²) >= 11 is 0. The van der Waals surface area contributed by atoms with Crippen LogP contribution in [0.4, 0.5) is 4.79 Å². The van der Waals surface area contributed by atoms with Gasteiger partial charge in [-0.1, -0.05) is 6.92 Å². The molecule has 2 unspecified atom stereocenters. The highest BCUT2D eigenvalue weighted by atomic mass is 16.2. The van der Waals surface area contributed by atoms with E-state index in [-0.39, 0.29) is 17.6 Å². The Morgan fingerprint density at radius 3 is 2.69 bits per heavy atom. The summed E-state index contributed by atoms with van der Waals surface area (Å²) in [5.41, 5.74) is 5.49. The molecule has 0 radical (unpaired) electrons. The van der Waals surface area contributed by atoms with Gasteiger partial charge in [0.25, 0.3) is 0 Å². The predicted octanol–water partition coefficient (Wildman–Crippen LogP) is 1.55. The summed E-state index contributed by atoms with van der Waals surface area (Å²) in [6, 6.07) is -0.0347. The number of hydrogen-bond acceptors (Lipinski definition) is 2. The van der Waals surface area contributed by atoms with Crippen molar-refractivity contribution in [1.29, 1.82) is 0 Å². The van der Waals surface area contributed by atoms with Crippen LogP contribution in [0.15, 0.2) is 0 Å². The molecule has 0 aromatic carbocycles. The van der Waals surface area contributed by atoms with Crippen LogP contribution in [0.5, 0.6) is 0 Å². The Labute approximate surface area is 98.6 Å². The molecule has 2 atom stereocenters. The van der Waals surface area contributed by atoms with E-state index >= 15 is 0 Å². The molecule has 0 aromatic heterocycles. The van der Waals surface area contributed by atoms with Crippen LogP contribution < -0.4 is 11.1 Å². The van der Waals surface area contributed by atoms with Crippen molar-refractivity contribution in [3.63, 3.8) is 0 Å². The molecule has 1 heterocycles.